The summed E-state index contributed by atoms with van der Waals surface area (Å²) in [7, 11) is -3.37. The Morgan fingerprint density at radius 2 is 1.86 bits per heavy atom. The maximum absolute atomic E-state index is 12.9. The van der Waals surface area contributed by atoms with Crippen molar-refractivity contribution >= 4 is 10.0 Å². The summed E-state index contributed by atoms with van der Waals surface area (Å²) in [6.07, 6.45) is 0. The Balaban J connectivity index is 1.87. The van der Waals surface area contributed by atoms with Gasteiger partial charge < -0.3 is 5.32 Å². The Bertz CT molecular complexity index is 610. The van der Waals surface area contributed by atoms with Gasteiger partial charge in [-0.1, -0.05) is 26.0 Å². The fourth-order valence-electron chi connectivity index (χ4n) is 3.61. The minimum absolute atomic E-state index is 0.0831. The summed E-state index contributed by atoms with van der Waals surface area (Å²) in [5.41, 5.74) is 1.17. The summed E-state index contributed by atoms with van der Waals surface area (Å²) in [4.78, 5) is 0.423. The number of fused-ring (bicyclic) bond motifs is 1. The van der Waals surface area contributed by atoms with Gasteiger partial charge in [-0.25, -0.2) is 8.42 Å². The molecule has 1 N–H and O–H groups in total. The standard InChI is InChI=1S/C16H24N2O2S/c1-11(2)13-4-6-15(7-5-13)21(19,20)18-10-14-8-17-9-16(14)12(18)3/h4-7,11-12,14,16-17H,8-10H2,1-3H3. The molecule has 0 amide bonds. The molecule has 116 valence electrons. The largest absolute Gasteiger partial charge is 0.316 e. The predicted octanol–water partition coefficient (Wildman–Crippen LogP) is 2.04. The highest BCUT2D eigenvalue weighted by Gasteiger charge is 2.46. The number of nitrogens with zero attached hydrogens (tertiary/aromatic N) is 1. The molecular formula is C16H24N2O2S. The van der Waals surface area contributed by atoms with Gasteiger partial charge in [0.25, 0.3) is 0 Å². The molecule has 2 aliphatic heterocycles. The first-order valence-electron chi connectivity index (χ1n) is 7.74. The molecule has 2 heterocycles. The van der Waals surface area contributed by atoms with Crippen LogP contribution in [0.4, 0.5) is 0 Å². The third-order valence-corrected chi connectivity index (χ3v) is 7.00. The molecule has 0 aromatic heterocycles. The van der Waals surface area contributed by atoms with Crippen LogP contribution in [0.25, 0.3) is 0 Å². The average Bonchev–Trinajstić information content (AvgIpc) is 3.02. The van der Waals surface area contributed by atoms with E-state index in [9.17, 15) is 8.42 Å². The van der Waals surface area contributed by atoms with Crippen LogP contribution in [0, 0.1) is 11.8 Å². The van der Waals surface area contributed by atoms with Gasteiger partial charge in [-0.05, 0) is 55.5 Å². The van der Waals surface area contributed by atoms with Gasteiger partial charge in [-0.2, -0.15) is 4.31 Å². The highest BCUT2D eigenvalue weighted by molar-refractivity contribution is 7.89. The Hall–Kier alpha value is -0.910. The summed E-state index contributed by atoms with van der Waals surface area (Å²) in [6.45, 7) is 8.78. The zero-order chi connectivity index (χ0) is 15.2. The molecule has 21 heavy (non-hydrogen) atoms. The van der Waals surface area contributed by atoms with Crippen LogP contribution in [0.2, 0.25) is 0 Å². The van der Waals surface area contributed by atoms with Gasteiger partial charge in [0, 0.05) is 12.6 Å². The normalized spacial score (nSPS) is 30.0. The molecule has 2 aliphatic rings. The van der Waals surface area contributed by atoms with E-state index in [0.717, 1.165) is 13.1 Å². The molecular weight excluding hydrogens is 284 g/mol. The van der Waals surface area contributed by atoms with E-state index in [2.05, 4.69) is 19.2 Å². The highest BCUT2D eigenvalue weighted by Crippen LogP contribution is 2.36. The van der Waals surface area contributed by atoms with Gasteiger partial charge in [-0.3, -0.25) is 0 Å². The lowest BCUT2D eigenvalue weighted by molar-refractivity contribution is 0.360. The molecule has 0 aliphatic carbocycles. The van der Waals surface area contributed by atoms with Crippen LogP contribution in [0.1, 0.15) is 32.3 Å². The molecule has 1 aromatic rings. The number of hydrogen-bond donors (Lipinski definition) is 1. The van der Waals surface area contributed by atoms with Crippen molar-refractivity contribution in [2.45, 2.75) is 37.6 Å². The molecule has 0 spiro atoms. The van der Waals surface area contributed by atoms with Gasteiger partial charge in [0.05, 0.1) is 4.90 Å². The maximum Gasteiger partial charge on any atom is 0.243 e. The number of rotatable bonds is 3. The monoisotopic (exact) mass is 308 g/mol. The number of sulfonamides is 1. The fraction of sp³-hybridized carbons (Fsp3) is 0.625. The van der Waals surface area contributed by atoms with E-state index in [-0.39, 0.29) is 6.04 Å². The van der Waals surface area contributed by atoms with Crippen molar-refractivity contribution in [3.63, 3.8) is 0 Å². The molecule has 5 heteroatoms. The molecule has 3 rings (SSSR count). The average molecular weight is 308 g/mol. The lowest BCUT2D eigenvalue weighted by Gasteiger charge is -2.24. The Kier molecular flexibility index (Phi) is 3.84. The molecule has 3 unspecified atom stereocenters. The fourth-order valence-corrected chi connectivity index (χ4v) is 5.34. The minimum atomic E-state index is -3.37. The van der Waals surface area contributed by atoms with Crippen molar-refractivity contribution in [1.82, 2.24) is 9.62 Å². The Morgan fingerprint density at radius 1 is 1.19 bits per heavy atom. The number of hydrogen-bond acceptors (Lipinski definition) is 3. The number of nitrogens with one attached hydrogen (secondary N) is 1. The first-order valence-corrected chi connectivity index (χ1v) is 9.18. The highest BCUT2D eigenvalue weighted by atomic mass is 32.2. The van der Waals surface area contributed by atoms with Crippen LogP contribution in [-0.2, 0) is 10.0 Å². The van der Waals surface area contributed by atoms with Crippen LogP contribution >= 0.6 is 0 Å². The van der Waals surface area contributed by atoms with Crippen LogP contribution in [0.15, 0.2) is 29.2 Å². The van der Waals surface area contributed by atoms with Crippen molar-refractivity contribution in [3.8, 4) is 0 Å². The van der Waals surface area contributed by atoms with Crippen molar-refractivity contribution in [2.24, 2.45) is 11.8 Å². The summed E-state index contributed by atoms with van der Waals surface area (Å²) in [5.74, 6) is 1.33. The molecule has 1 aromatic carbocycles. The van der Waals surface area contributed by atoms with Crippen molar-refractivity contribution in [3.05, 3.63) is 29.8 Å². The zero-order valence-corrected chi connectivity index (χ0v) is 13.7. The van der Waals surface area contributed by atoms with Crippen molar-refractivity contribution < 1.29 is 8.42 Å². The Labute approximate surface area is 127 Å². The summed E-state index contributed by atoms with van der Waals surface area (Å²) < 4.78 is 27.4. The van der Waals surface area contributed by atoms with Crippen LogP contribution in [0.5, 0.6) is 0 Å². The van der Waals surface area contributed by atoms with E-state index in [1.165, 1.54) is 5.56 Å². The summed E-state index contributed by atoms with van der Waals surface area (Å²) >= 11 is 0. The van der Waals surface area contributed by atoms with Crippen LogP contribution < -0.4 is 5.32 Å². The first-order chi connectivity index (χ1) is 9.91. The second-order valence-electron chi connectivity index (χ2n) is 6.62. The van der Waals surface area contributed by atoms with E-state index in [1.807, 2.05) is 19.1 Å². The lowest BCUT2D eigenvalue weighted by Crippen LogP contribution is -2.38. The quantitative estimate of drug-likeness (QED) is 0.929. The lowest BCUT2D eigenvalue weighted by atomic mass is 9.95. The predicted molar refractivity (Wildman–Crippen MR) is 83.7 cm³/mol. The molecule has 0 bridgehead atoms. The molecule has 3 atom stereocenters. The van der Waals surface area contributed by atoms with E-state index in [0.29, 0.717) is 29.2 Å². The minimum Gasteiger partial charge on any atom is -0.316 e. The van der Waals surface area contributed by atoms with E-state index in [4.69, 9.17) is 0 Å². The third kappa shape index (κ3) is 2.51. The smallest absolute Gasteiger partial charge is 0.243 e. The molecule has 2 saturated heterocycles. The second-order valence-corrected chi connectivity index (χ2v) is 8.51. The second kappa shape index (κ2) is 5.38. The SMILES string of the molecule is CC(C)c1ccc(S(=O)(=O)N2CC3CNCC3C2C)cc1. The summed E-state index contributed by atoms with van der Waals surface area (Å²) in [5, 5.41) is 3.36. The van der Waals surface area contributed by atoms with Crippen LogP contribution in [0.3, 0.4) is 0 Å². The van der Waals surface area contributed by atoms with E-state index < -0.39 is 10.0 Å². The first kappa shape index (κ1) is 15.0. The third-order valence-electron chi connectivity index (χ3n) is 5.03. The molecule has 0 saturated carbocycles. The van der Waals surface area contributed by atoms with Gasteiger partial charge >= 0.3 is 0 Å². The zero-order valence-electron chi connectivity index (χ0n) is 12.9. The Morgan fingerprint density at radius 3 is 2.43 bits per heavy atom. The molecule has 2 fully saturated rings. The van der Waals surface area contributed by atoms with Gasteiger partial charge in [0.15, 0.2) is 0 Å². The summed E-state index contributed by atoms with van der Waals surface area (Å²) in [6, 6.07) is 7.45. The van der Waals surface area contributed by atoms with E-state index >= 15 is 0 Å². The van der Waals surface area contributed by atoms with Crippen molar-refractivity contribution in [1.29, 1.82) is 0 Å². The number of benzene rings is 1. The molecule has 0 radical (unpaired) electrons. The topological polar surface area (TPSA) is 49.4 Å². The maximum atomic E-state index is 12.9. The molecule has 4 nitrogen and oxygen atoms in total. The van der Waals surface area contributed by atoms with Crippen molar-refractivity contribution in [2.75, 3.05) is 19.6 Å². The van der Waals surface area contributed by atoms with Gasteiger partial charge in [-0.15, -0.1) is 0 Å². The van der Waals surface area contributed by atoms with Gasteiger partial charge in [0.1, 0.15) is 0 Å². The van der Waals surface area contributed by atoms with E-state index in [1.54, 1.807) is 16.4 Å². The van der Waals surface area contributed by atoms with Gasteiger partial charge in [0.2, 0.25) is 10.0 Å². The van der Waals surface area contributed by atoms with Crippen LogP contribution in [-0.4, -0.2) is 38.4 Å².